The van der Waals surface area contributed by atoms with Gasteiger partial charge in [-0.1, -0.05) is 19.9 Å². The molecule has 0 atom stereocenters. The first-order chi connectivity index (χ1) is 13.9. The molecule has 0 bridgehead atoms. The van der Waals surface area contributed by atoms with E-state index in [1.165, 1.54) is 5.56 Å². The average molecular weight is 529 g/mol. The molecule has 0 aliphatic rings. The van der Waals surface area contributed by atoms with Crippen LogP contribution in [0.3, 0.4) is 0 Å². The van der Waals surface area contributed by atoms with E-state index in [-0.39, 0.29) is 24.0 Å². The molecule has 0 fully saturated rings. The zero-order chi connectivity index (χ0) is 21.4. The van der Waals surface area contributed by atoms with E-state index in [9.17, 15) is 0 Å². The van der Waals surface area contributed by atoms with Crippen molar-refractivity contribution < 1.29 is 9.47 Å². The number of ether oxygens (including phenoxy) is 2. The lowest BCUT2D eigenvalue weighted by molar-refractivity contribution is 0.310. The summed E-state index contributed by atoms with van der Waals surface area (Å²) in [6.45, 7) is 11.1. The summed E-state index contributed by atoms with van der Waals surface area (Å²) >= 11 is 0. The second-order valence-electron chi connectivity index (χ2n) is 7.31. The molecular weight excluding hydrogens is 493 g/mol. The molecule has 0 saturated heterocycles. The molecule has 0 spiro atoms. The van der Waals surface area contributed by atoms with Crippen LogP contribution in [-0.4, -0.2) is 47.9 Å². The van der Waals surface area contributed by atoms with Gasteiger partial charge >= 0.3 is 0 Å². The van der Waals surface area contributed by atoms with Crippen LogP contribution in [0.4, 0.5) is 0 Å². The van der Waals surface area contributed by atoms with Crippen LogP contribution in [0.5, 0.6) is 11.5 Å². The number of benzene rings is 1. The fourth-order valence-corrected chi connectivity index (χ4v) is 3.21. The molecule has 1 aromatic carbocycles. The van der Waals surface area contributed by atoms with Gasteiger partial charge in [0.05, 0.1) is 26.0 Å². The maximum Gasteiger partial charge on any atom is 0.194 e. The van der Waals surface area contributed by atoms with Gasteiger partial charge in [-0.05, 0) is 37.5 Å². The van der Waals surface area contributed by atoms with Crippen LogP contribution >= 0.6 is 24.0 Å². The number of halogens is 1. The number of rotatable bonds is 9. The SMILES string of the molecule is CCNC(=NCc1ccc(OCC)c(OC)c1)N(C)Cc1cn(C)nc1C(C)C.I. The number of hydrogen-bond acceptors (Lipinski definition) is 4. The van der Waals surface area contributed by atoms with Gasteiger partial charge in [-0.25, -0.2) is 4.99 Å². The van der Waals surface area contributed by atoms with Crippen molar-refractivity contribution in [1.29, 1.82) is 0 Å². The number of aliphatic imine (C=N–C) groups is 1. The van der Waals surface area contributed by atoms with Crippen LogP contribution in [0.25, 0.3) is 0 Å². The molecule has 0 unspecified atom stereocenters. The number of guanidine groups is 1. The molecule has 0 aliphatic carbocycles. The third-order valence-electron chi connectivity index (χ3n) is 4.53. The molecular formula is C22H36IN5O2. The lowest BCUT2D eigenvalue weighted by Gasteiger charge is -2.22. The first kappa shape index (κ1) is 26.1. The van der Waals surface area contributed by atoms with Gasteiger partial charge in [-0.3, -0.25) is 4.68 Å². The van der Waals surface area contributed by atoms with Crippen LogP contribution < -0.4 is 14.8 Å². The summed E-state index contributed by atoms with van der Waals surface area (Å²) in [4.78, 5) is 6.96. The van der Waals surface area contributed by atoms with E-state index in [2.05, 4.69) is 49.3 Å². The van der Waals surface area contributed by atoms with E-state index in [4.69, 9.17) is 14.5 Å². The van der Waals surface area contributed by atoms with Crippen molar-refractivity contribution >= 4 is 29.9 Å². The van der Waals surface area contributed by atoms with Crippen LogP contribution in [0.15, 0.2) is 29.4 Å². The molecule has 168 valence electrons. The maximum atomic E-state index is 5.59. The zero-order valence-corrected chi connectivity index (χ0v) is 21.6. The Morgan fingerprint density at radius 3 is 2.60 bits per heavy atom. The minimum Gasteiger partial charge on any atom is -0.493 e. The molecule has 2 aromatic rings. The molecule has 1 heterocycles. The van der Waals surface area contributed by atoms with Gasteiger partial charge < -0.3 is 19.7 Å². The van der Waals surface area contributed by atoms with Crippen molar-refractivity contribution in [1.82, 2.24) is 20.0 Å². The van der Waals surface area contributed by atoms with Crippen molar-refractivity contribution in [3.05, 3.63) is 41.2 Å². The van der Waals surface area contributed by atoms with E-state index < -0.39 is 0 Å². The van der Waals surface area contributed by atoms with Gasteiger partial charge in [0, 0.05) is 38.9 Å². The average Bonchev–Trinajstić information content (AvgIpc) is 3.06. The number of aryl methyl sites for hydroxylation is 1. The highest BCUT2D eigenvalue weighted by Crippen LogP contribution is 2.28. The highest BCUT2D eigenvalue weighted by molar-refractivity contribution is 14.0. The monoisotopic (exact) mass is 529 g/mol. The molecule has 0 aliphatic heterocycles. The van der Waals surface area contributed by atoms with Crippen LogP contribution in [0.1, 0.15) is 50.4 Å². The second-order valence-corrected chi connectivity index (χ2v) is 7.31. The molecule has 0 radical (unpaired) electrons. The topological polar surface area (TPSA) is 63.9 Å². The largest absolute Gasteiger partial charge is 0.493 e. The third-order valence-corrected chi connectivity index (χ3v) is 4.53. The Morgan fingerprint density at radius 1 is 1.27 bits per heavy atom. The standard InChI is InChI=1S/C22H35N5O2.HI/c1-8-23-22(26(5)14-18-15-27(6)25-21(18)16(3)4)24-13-17-10-11-19(29-9-2)20(12-17)28-7;/h10-12,15-16H,8-9,13-14H2,1-7H3,(H,23,24);1H. The predicted octanol–water partition coefficient (Wildman–Crippen LogP) is 4.17. The van der Waals surface area contributed by atoms with Crippen molar-refractivity contribution in [2.75, 3.05) is 27.3 Å². The van der Waals surface area contributed by atoms with E-state index >= 15 is 0 Å². The number of nitrogens with one attached hydrogen (secondary N) is 1. The predicted molar refractivity (Wildman–Crippen MR) is 133 cm³/mol. The molecule has 2 rings (SSSR count). The summed E-state index contributed by atoms with van der Waals surface area (Å²) in [6.07, 6.45) is 2.09. The van der Waals surface area contributed by atoms with Gasteiger partial charge in [0.25, 0.3) is 0 Å². The van der Waals surface area contributed by atoms with Gasteiger partial charge in [0.15, 0.2) is 17.5 Å². The Labute approximate surface area is 197 Å². The molecule has 0 amide bonds. The minimum atomic E-state index is 0. The number of aromatic nitrogens is 2. The third kappa shape index (κ3) is 7.07. The first-order valence-corrected chi connectivity index (χ1v) is 10.2. The second kappa shape index (κ2) is 12.7. The Kier molecular flexibility index (Phi) is 11.0. The van der Waals surface area contributed by atoms with E-state index in [1.54, 1.807) is 7.11 Å². The van der Waals surface area contributed by atoms with Crippen LogP contribution in [0, 0.1) is 0 Å². The van der Waals surface area contributed by atoms with Crippen LogP contribution in [0.2, 0.25) is 0 Å². The number of methoxy groups -OCH3 is 1. The van der Waals surface area contributed by atoms with Crippen molar-refractivity contribution in [2.45, 2.75) is 46.7 Å². The fourth-order valence-electron chi connectivity index (χ4n) is 3.21. The van der Waals surface area contributed by atoms with E-state index in [1.807, 2.05) is 36.9 Å². The van der Waals surface area contributed by atoms with Gasteiger partial charge in [0.1, 0.15) is 0 Å². The number of nitrogens with zero attached hydrogens (tertiary/aromatic N) is 4. The Hall–Kier alpha value is -1.97. The molecule has 1 aromatic heterocycles. The van der Waals surface area contributed by atoms with Gasteiger partial charge in [-0.2, -0.15) is 5.10 Å². The maximum absolute atomic E-state index is 5.59. The molecule has 0 saturated carbocycles. The molecule has 8 heteroatoms. The number of hydrogen-bond donors (Lipinski definition) is 1. The summed E-state index contributed by atoms with van der Waals surface area (Å²) in [5, 5.41) is 7.99. The Morgan fingerprint density at radius 2 is 2.00 bits per heavy atom. The highest BCUT2D eigenvalue weighted by Gasteiger charge is 2.15. The molecule has 30 heavy (non-hydrogen) atoms. The Bertz CT molecular complexity index is 820. The lowest BCUT2D eigenvalue weighted by Crippen LogP contribution is -2.38. The van der Waals surface area contributed by atoms with Crippen LogP contribution in [-0.2, 0) is 20.1 Å². The van der Waals surface area contributed by atoms with Crippen molar-refractivity contribution in [2.24, 2.45) is 12.0 Å². The Balaban J connectivity index is 0.00000450. The normalized spacial score (nSPS) is 11.3. The first-order valence-electron chi connectivity index (χ1n) is 10.2. The summed E-state index contributed by atoms with van der Waals surface area (Å²) in [6, 6.07) is 5.95. The molecule has 7 nitrogen and oxygen atoms in total. The minimum absolute atomic E-state index is 0. The quantitative estimate of drug-likeness (QED) is 0.300. The van der Waals surface area contributed by atoms with Crippen molar-refractivity contribution in [3.63, 3.8) is 0 Å². The van der Waals surface area contributed by atoms with Crippen molar-refractivity contribution in [3.8, 4) is 11.5 Å². The summed E-state index contributed by atoms with van der Waals surface area (Å²) in [7, 11) is 5.67. The fraction of sp³-hybridized carbons (Fsp3) is 0.545. The van der Waals surface area contributed by atoms with Gasteiger partial charge in [0.2, 0.25) is 0 Å². The summed E-state index contributed by atoms with van der Waals surface area (Å²) in [5.74, 6) is 2.73. The summed E-state index contributed by atoms with van der Waals surface area (Å²) < 4.78 is 12.9. The van der Waals surface area contributed by atoms with Gasteiger partial charge in [-0.15, -0.1) is 24.0 Å². The highest BCUT2D eigenvalue weighted by atomic mass is 127. The molecule has 1 N–H and O–H groups in total. The van der Waals surface area contributed by atoms with E-state index in [0.29, 0.717) is 19.1 Å². The smallest absolute Gasteiger partial charge is 0.194 e. The van der Waals surface area contributed by atoms with E-state index in [0.717, 1.165) is 41.8 Å². The lowest BCUT2D eigenvalue weighted by atomic mass is 10.1. The zero-order valence-electron chi connectivity index (χ0n) is 19.2. The summed E-state index contributed by atoms with van der Waals surface area (Å²) in [5.41, 5.74) is 3.42.